The van der Waals surface area contributed by atoms with Gasteiger partial charge in [0, 0.05) is 25.6 Å². The zero-order valence-electron chi connectivity index (χ0n) is 19.2. The van der Waals surface area contributed by atoms with Crippen molar-refractivity contribution in [3.8, 4) is 17.3 Å². The van der Waals surface area contributed by atoms with E-state index < -0.39 is 5.60 Å². The Bertz CT molecular complexity index is 1150. The van der Waals surface area contributed by atoms with Crippen LogP contribution in [0.2, 0.25) is 5.15 Å². The molecule has 3 aromatic rings. The first-order valence-electron chi connectivity index (χ1n) is 10.9. The lowest BCUT2D eigenvalue weighted by atomic mass is 9.99. The van der Waals surface area contributed by atoms with E-state index in [1.807, 2.05) is 32.3 Å². The smallest absolute Gasteiger partial charge is 0.410 e. The highest BCUT2D eigenvalue weighted by atomic mass is 35.5. The SMILES string of the molecule is CCn1c(-c2nonc2N)nc2c(Cl)ncc(OC[C@H]3CCCN(C(=O)OC(C)(C)C)C3)c21. The molecule has 2 N–H and O–H groups in total. The summed E-state index contributed by atoms with van der Waals surface area (Å²) in [6.07, 6.45) is 3.12. The number of rotatable bonds is 5. The number of aromatic nitrogens is 5. The monoisotopic (exact) mass is 477 g/mol. The quantitative estimate of drug-likeness (QED) is 0.544. The second kappa shape index (κ2) is 9.05. The summed E-state index contributed by atoms with van der Waals surface area (Å²) in [5.74, 6) is 1.31. The number of nitrogens with zero attached hydrogens (tertiary/aromatic N) is 6. The summed E-state index contributed by atoms with van der Waals surface area (Å²) >= 11 is 6.34. The van der Waals surface area contributed by atoms with Gasteiger partial charge in [-0.1, -0.05) is 11.6 Å². The van der Waals surface area contributed by atoms with Crippen molar-refractivity contribution >= 4 is 34.5 Å². The zero-order chi connectivity index (χ0) is 23.8. The van der Waals surface area contributed by atoms with Gasteiger partial charge >= 0.3 is 6.09 Å². The van der Waals surface area contributed by atoms with Crippen molar-refractivity contribution < 1.29 is 18.9 Å². The standard InChI is InChI=1S/C21H28ClN7O4/c1-5-29-16-13(9-24-17(22)14(16)25-19(29)15-18(23)27-33-26-15)31-11-12-7-6-8-28(10-12)20(30)32-21(2,3)4/h9,12H,5-8,10-11H2,1-4H3,(H2,23,27)/t12-/m0/s1. The maximum absolute atomic E-state index is 12.5. The van der Waals surface area contributed by atoms with Crippen molar-refractivity contribution in [1.82, 2.24) is 29.7 Å². The first kappa shape index (κ1) is 23.1. The van der Waals surface area contributed by atoms with Crippen LogP contribution in [0.1, 0.15) is 40.5 Å². The maximum Gasteiger partial charge on any atom is 0.410 e. The molecule has 0 bridgehead atoms. The molecular weight excluding hydrogens is 450 g/mol. The summed E-state index contributed by atoms with van der Waals surface area (Å²) in [6, 6.07) is 0. The lowest BCUT2D eigenvalue weighted by Gasteiger charge is -2.34. The number of nitrogens with two attached hydrogens (primary N) is 1. The van der Waals surface area contributed by atoms with Gasteiger partial charge in [0.15, 0.2) is 28.2 Å². The predicted molar refractivity (Wildman–Crippen MR) is 122 cm³/mol. The number of likely N-dealkylation sites (tertiary alicyclic amines) is 1. The highest BCUT2D eigenvalue weighted by molar-refractivity contribution is 6.34. The van der Waals surface area contributed by atoms with Gasteiger partial charge in [-0.15, -0.1) is 0 Å². The van der Waals surface area contributed by atoms with Crippen molar-refractivity contribution in [2.24, 2.45) is 5.92 Å². The number of carbonyl (C=O) groups excluding carboxylic acids is 1. The molecule has 1 aliphatic heterocycles. The third kappa shape index (κ3) is 4.82. The van der Waals surface area contributed by atoms with E-state index >= 15 is 0 Å². The first-order chi connectivity index (χ1) is 15.7. The highest BCUT2D eigenvalue weighted by Gasteiger charge is 2.29. The molecule has 0 saturated carbocycles. The minimum absolute atomic E-state index is 0.135. The van der Waals surface area contributed by atoms with Crippen LogP contribution in [0.5, 0.6) is 5.75 Å². The number of anilines is 1. The van der Waals surface area contributed by atoms with Crippen molar-refractivity contribution in [2.75, 3.05) is 25.4 Å². The van der Waals surface area contributed by atoms with Gasteiger partial charge < -0.3 is 24.7 Å². The Morgan fingerprint density at radius 3 is 2.82 bits per heavy atom. The minimum atomic E-state index is -0.528. The molecule has 33 heavy (non-hydrogen) atoms. The molecule has 1 aliphatic rings. The van der Waals surface area contributed by atoms with Crippen LogP contribution < -0.4 is 10.5 Å². The minimum Gasteiger partial charge on any atom is -0.489 e. The molecule has 0 radical (unpaired) electrons. The molecule has 1 atom stereocenters. The van der Waals surface area contributed by atoms with Crippen LogP contribution in [0.3, 0.4) is 0 Å². The fourth-order valence-corrected chi connectivity index (χ4v) is 4.11. The summed E-state index contributed by atoms with van der Waals surface area (Å²) < 4.78 is 18.3. The Balaban J connectivity index is 1.56. The molecule has 0 aliphatic carbocycles. The molecule has 4 heterocycles. The van der Waals surface area contributed by atoms with Gasteiger partial charge in [-0.05, 0) is 50.8 Å². The van der Waals surface area contributed by atoms with Crippen LogP contribution in [-0.2, 0) is 11.3 Å². The molecule has 178 valence electrons. The van der Waals surface area contributed by atoms with Gasteiger partial charge in [-0.3, -0.25) is 0 Å². The number of halogens is 1. The largest absolute Gasteiger partial charge is 0.489 e. The van der Waals surface area contributed by atoms with E-state index in [-0.39, 0.29) is 23.0 Å². The van der Waals surface area contributed by atoms with Gasteiger partial charge in [0.25, 0.3) is 0 Å². The van der Waals surface area contributed by atoms with Crippen LogP contribution in [0.25, 0.3) is 22.6 Å². The van der Waals surface area contributed by atoms with E-state index in [9.17, 15) is 4.79 Å². The second-order valence-electron chi connectivity index (χ2n) is 9.03. The van der Waals surface area contributed by atoms with Crippen LogP contribution in [0.15, 0.2) is 10.8 Å². The molecule has 0 unspecified atom stereocenters. The molecule has 1 saturated heterocycles. The number of aryl methyl sites for hydroxylation is 1. The summed E-state index contributed by atoms with van der Waals surface area (Å²) in [5, 5.41) is 7.76. The Morgan fingerprint density at radius 1 is 1.36 bits per heavy atom. The number of nitrogen functional groups attached to an aromatic ring is 1. The van der Waals surface area contributed by atoms with Gasteiger partial charge in [0.05, 0.1) is 12.8 Å². The van der Waals surface area contributed by atoms with E-state index in [0.717, 1.165) is 12.8 Å². The Kier molecular flexibility index (Phi) is 6.33. The topological polar surface area (TPSA) is 134 Å². The number of pyridine rings is 1. The number of fused-ring (bicyclic) bond motifs is 1. The van der Waals surface area contributed by atoms with Crippen molar-refractivity contribution in [3.63, 3.8) is 0 Å². The molecule has 0 spiro atoms. The van der Waals surface area contributed by atoms with Crippen molar-refractivity contribution in [3.05, 3.63) is 11.3 Å². The van der Waals surface area contributed by atoms with E-state index in [1.165, 1.54) is 0 Å². The predicted octanol–water partition coefficient (Wildman–Crippen LogP) is 3.76. The molecule has 1 amide bonds. The number of amides is 1. The third-order valence-corrected chi connectivity index (χ3v) is 5.66. The third-order valence-electron chi connectivity index (χ3n) is 5.38. The summed E-state index contributed by atoms with van der Waals surface area (Å²) in [5.41, 5.74) is 6.85. The number of ether oxygens (including phenoxy) is 2. The number of hydrogen-bond acceptors (Lipinski definition) is 9. The Hall–Kier alpha value is -3.08. The highest BCUT2D eigenvalue weighted by Crippen LogP contribution is 2.35. The molecule has 3 aromatic heterocycles. The summed E-state index contributed by atoms with van der Waals surface area (Å²) in [4.78, 5) is 23.0. The van der Waals surface area contributed by atoms with Gasteiger partial charge in [-0.2, -0.15) is 0 Å². The van der Waals surface area contributed by atoms with Crippen molar-refractivity contribution in [1.29, 1.82) is 0 Å². The van der Waals surface area contributed by atoms with Crippen LogP contribution in [-0.4, -0.2) is 61.1 Å². The lowest BCUT2D eigenvalue weighted by Crippen LogP contribution is -2.44. The average Bonchev–Trinajstić information content (AvgIpc) is 3.36. The van der Waals surface area contributed by atoms with Crippen LogP contribution in [0, 0.1) is 5.92 Å². The fourth-order valence-electron chi connectivity index (χ4n) is 3.93. The van der Waals surface area contributed by atoms with E-state index in [4.69, 9.17) is 31.4 Å². The van der Waals surface area contributed by atoms with Crippen molar-refractivity contribution in [2.45, 2.75) is 52.7 Å². The first-order valence-corrected chi connectivity index (χ1v) is 11.3. The summed E-state index contributed by atoms with van der Waals surface area (Å²) in [6.45, 7) is 9.77. The van der Waals surface area contributed by atoms with E-state index in [2.05, 4.69) is 20.3 Å². The second-order valence-corrected chi connectivity index (χ2v) is 9.39. The lowest BCUT2D eigenvalue weighted by molar-refractivity contribution is 0.0139. The molecule has 4 rings (SSSR count). The summed E-state index contributed by atoms with van der Waals surface area (Å²) in [7, 11) is 0. The zero-order valence-corrected chi connectivity index (χ0v) is 19.9. The average molecular weight is 478 g/mol. The maximum atomic E-state index is 12.5. The Labute approximate surface area is 196 Å². The number of piperidine rings is 1. The van der Waals surface area contributed by atoms with Crippen LogP contribution >= 0.6 is 11.6 Å². The molecular formula is C21H28ClN7O4. The fraction of sp³-hybridized carbons (Fsp3) is 0.571. The number of carbonyl (C=O) groups is 1. The molecule has 11 nitrogen and oxygen atoms in total. The number of imidazole rings is 1. The van der Waals surface area contributed by atoms with Gasteiger partial charge in [0.1, 0.15) is 16.6 Å². The normalized spacial score (nSPS) is 16.9. The Morgan fingerprint density at radius 2 is 2.15 bits per heavy atom. The number of hydrogen-bond donors (Lipinski definition) is 1. The van der Waals surface area contributed by atoms with Gasteiger partial charge in [-0.25, -0.2) is 19.4 Å². The van der Waals surface area contributed by atoms with E-state index in [1.54, 1.807) is 11.1 Å². The van der Waals surface area contributed by atoms with Crippen LogP contribution in [0.4, 0.5) is 10.6 Å². The molecule has 1 fully saturated rings. The van der Waals surface area contributed by atoms with E-state index in [0.29, 0.717) is 54.5 Å². The van der Waals surface area contributed by atoms with Gasteiger partial charge in [0.2, 0.25) is 0 Å². The molecule has 0 aromatic carbocycles. The molecule has 12 heteroatoms.